The quantitative estimate of drug-likeness (QED) is 0.427. The second-order valence-electron chi connectivity index (χ2n) is 5.44. The summed E-state index contributed by atoms with van der Waals surface area (Å²) in [7, 11) is 0. The zero-order chi connectivity index (χ0) is 18.6. The zero-order valence-electron chi connectivity index (χ0n) is 13.4. The Labute approximate surface area is 167 Å². The van der Waals surface area contributed by atoms with Crippen molar-refractivity contribution in [1.82, 2.24) is 5.43 Å². The van der Waals surface area contributed by atoms with Crippen LogP contribution in [-0.2, 0) is 10.4 Å². The second kappa shape index (κ2) is 7.99. The third-order valence-corrected chi connectivity index (χ3v) is 4.81. The molecule has 0 radical (unpaired) electrons. The Bertz CT molecular complexity index is 859. The molecule has 5 nitrogen and oxygen atoms in total. The number of hydrogen-bond donors (Lipinski definition) is 2. The summed E-state index contributed by atoms with van der Waals surface area (Å²) >= 11 is 6.71. The third-order valence-electron chi connectivity index (χ3n) is 3.75. The Hall–Kier alpha value is -2.22. The van der Waals surface area contributed by atoms with Crippen molar-refractivity contribution in [2.45, 2.75) is 5.60 Å². The number of nitrogens with one attached hydrogen (secondary N) is 1. The minimum atomic E-state index is -1.90. The van der Waals surface area contributed by atoms with Crippen molar-refractivity contribution in [3.63, 3.8) is 0 Å². The Morgan fingerprint density at radius 2 is 1.54 bits per heavy atom. The van der Waals surface area contributed by atoms with Gasteiger partial charge < -0.3 is 9.52 Å². The highest BCUT2D eigenvalue weighted by Crippen LogP contribution is 2.31. The summed E-state index contributed by atoms with van der Waals surface area (Å²) in [4.78, 5) is 12.8. The Kier molecular flexibility index (Phi) is 5.70. The van der Waals surface area contributed by atoms with Crippen LogP contribution in [0.1, 0.15) is 16.9 Å². The summed E-state index contributed by atoms with van der Waals surface area (Å²) in [6, 6.07) is 17.2. The van der Waals surface area contributed by atoms with Crippen molar-refractivity contribution in [3.05, 3.63) is 92.8 Å². The topological polar surface area (TPSA) is 74.8 Å². The summed E-state index contributed by atoms with van der Waals surface area (Å²) in [5.41, 5.74) is 1.33. The monoisotopic (exact) mass is 476 g/mol. The van der Waals surface area contributed by atoms with Gasteiger partial charge in [-0.25, -0.2) is 5.43 Å². The maximum atomic E-state index is 12.8. The predicted octanol–water partition coefficient (Wildman–Crippen LogP) is 4.19. The van der Waals surface area contributed by atoms with Gasteiger partial charge in [0.05, 0.1) is 12.5 Å². The van der Waals surface area contributed by atoms with Gasteiger partial charge in [-0.1, -0.05) is 56.1 Å². The number of nitrogens with zero attached hydrogens (tertiary/aromatic N) is 1. The van der Waals surface area contributed by atoms with Gasteiger partial charge in [0.2, 0.25) is 0 Å². The molecule has 26 heavy (non-hydrogen) atoms. The van der Waals surface area contributed by atoms with Gasteiger partial charge in [0.15, 0.2) is 5.60 Å². The first-order valence-corrected chi connectivity index (χ1v) is 9.20. The molecule has 0 spiro atoms. The maximum Gasteiger partial charge on any atom is 0.281 e. The molecule has 3 rings (SSSR count). The van der Waals surface area contributed by atoms with E-state index in [0.29, 0.717) is 16.9 Å². The molecular weight excluding hydrogens is 464 g/mol. The second-order valence-corrected chi connectivity index (χ2v) is 7.27. The molecule has 1 heterocycles. The molecule has 0 unspecified atom stereocenters. The molecule has 3 aromatic rings. The fraction of sp³-hybridized carbons (Fsp3) is 0.0526. The van der Waals surface area contributed by atoms with Gasteiger partial charge in [-0.05, 0) is 47.5 Å². The van der Waals surface area contributed by atoms with E-state index >= 15 is 0 Å². The Morgan fingerprint density at radius 1 is 1.00 bits per heavy atom. The molecular formula is C19H14Br2N2O3. The lowest BCUT2D eigenvalue weighted by Gasteiger charge is -2.27. The lowest BCUT2D eigenvalue weighted by molar-refractivity contribution is -0.136. The van der Waals surface area contributed by atoms with Crippen LogP contribution >= 0.6 is 31.9 Å². The van der Waals surface area contributed by atoms with Crippen LogP contribution in [0.25, 0.3) is 0 Å². The van der Waals surface area contributed by atoms with Gasteiger partial charge in [-0.3, -0.25) is 4.79 Å². The van der Waals surface area contributed by atoms with Gasteiger partial charge in [0, 0.05) is 8.95 Å². The summed E-state index contributed by atoms with van der Waals surface area (Å²) in [5, 5.41) is 15.2. The maximum absolute atomic E-state index is 12.8. The number of hydrogen-bond acceptors (Lipinski definition) is 4. The number of furan rings is 1. The molecule has 0 fully saturated rings. The summed E-state index contributed by atoms with van der Waals surface area (Å²) < 4.78 is 6.81. The molecule has 1 aromatic heterocycles. The van der Waals surface area contributed by atoms with Crippen LogP contribution in [-0.4, -0.2) is 17.2 Å². The molecule has 0 aliphatic carbocycles. The highest BCUT2D eigenvalue weighted by molar-refractivity contribution is 9.10. The molecule has 1 amide bonds. The van der Waals surface area contributed by atoms with Gasteiger partial charge in [0.1, 0.15) is 5.76 Å². The molecule has 0 saturated carbocycles. The van der Waals surface area contributed by atoms with E-state index in [9.17, 15) is 9.90 Å². The first kappa shape index (κ1) is 18.6. The number of benzene rings is 2. The molecule has 132 valence electrons. The van der Waals surface area contributed by atoms with E-state index in [1.165, 1.54) is 12.5 Å². The first-order valence-electron chi connectivity index (χ1n) is 7.61. The SMILES string of the molecule is O=C(N/N=C/c1ccco1)C(O)(c1ccc(Br)cc1)c1ccc(Br)cc1. The first-order chi connectivity index (χ1) is 12.5. The third kappa shape index (κ3) is 3.95. The van der Waals surface area contributed by atoms with Crippen LogP contribution in [0.15, 0.2) is 85.4 Å². The molecule has 0 bridgehead atoms. The zero-order valence-corrected chi connectivity index (χ0v) is 16.6. The lowest BCUT2D eigenvalue weighted by Crippen LogP contribution is -2.43. The number of carbonyl (C=O) groups is 1. The largest absolute Gasteiger partial charge is 0.463 e. The van der Waals surface area contributed by atoms with Crippen molar-refractivity contribution in [3.8, 4) is 0 Å². The normalized spacial score (nSPS) is 11.7. The number of halogens is 2. The van der Waals surface area contributed by atoms with Crippen LogP contribution in [0.4, 0.5) is 0 Å². The van der Waals surface area contributed by atoms with Crippen LogP contribution in [0, 0.1) is 0 Å². The molecule has 0 atom stereocenters. The predicted molar refractivity (Wildman–Crippen MR) is 106 cm³/mol. The molecule has 2 aromatic carbocycles. The van der Waals surface area contributed by atoms with Crippen molar-refractivity contribution in [2.75, 3.05) is 0 Å². The van der Waals surface area contributed by atoms with Crippen LogP contribution in [0.2, 0.25) is 0 Å². The summed E-state index contributed by atoms with van der Waals surface area (Å²) in [6.45, 7) is 0. The van der Waals surface area contributed by atoms with E-state index in [4.69, 9.17) is 4.42 Å². The van der Waals surface area contributed by atoms with E-state index in [0.717, 1.165) is 8.95 Å². The van der Waals surface area contributed by atoms with E-state index in [-0.39, 0.29) is 0 Å². The van der Waals surface area contributed by atoms with E-state index in [1.54, 1.807) is 60.7 Å². The minimum Gasteiger partial charge on any atom is -0.463 e. The lowest BCUT2D eigenvalue weighted by atomic mass is 9.85. The van der Waals surface area contributed by atoms with E-state index in [1.807, 2.05) is 0 Å². The fourth-order valence-corrected chi connectivity index (χ4v) is 2.94. The molecule has 2 N–H and O–H groups in total. The molecule has 0 aliphatic rings. The Balaban J connectivity index is 1.95. The average molecular weight is 478 g/mol. The number of aliphatic hydroxyl groups is 1. The number of amides is 1. The van der Waals surface area contributed by atoms with E-state index in [2.05, 4.69) is 42.4 Å². The standard InChI is InChI=1S/C19H14Br2N2O3/c20-15-7-3-13(4-8-15)19(25,14-5-9-16(21)10-6-14)18(24)23-22-12-17-2-1-11-26-17/h1-12,25H,(H,23,24)/b22-12+. The minimum absolute atomic E-state index is 0.425. The van der Waals surface area contributed by atoms with Crippen molar-refractivity contribution < 1.29 is 14.3 Å². The van der Waals surface area contributed by atoms with Crippen molar-refractivity contribution in [1.29, 1.82) is 0 Å². The van der Waals surface area contributed by atoms with Crippen molar-refractivity contribution in [2.24, 2.45) is 5.10 Å². The van der Waals surface area contributed by atoms with Gasteiger partial charge in [0.25, 0.3) is 5.91 Å². The highest BCUT2D eigenvalue weighted by atomic mass is 79.9. The average Bonchev–Trinajstić information content (AvgIpc) is 3.15. The molecule has 7 heteroatoms. The van der Waals surface area contributed by atoms with E-state index < -0.39 is 11.5 Å². The van der Waals surface area contributed by atoms with Crippen LogP contribution in [0.5, 0.6) is 0 Å². The number of carbonyl (C=O) groups excluding carboxylic acids is 1. The van der Waals surface area contributed by atoms with Crippen molar-refractivity contribution >= 4 is 44.0 Å². The van der Waals surface area contributed by atoms with Gasteiger partial charge in [-0.15, -0.1) is 0 Å². The Morgan fingerprint density at radius 3 is 2.00 bits per heavy atom. The summed E-state index contributed by atoms with van der Waals surface area (Å²) in [5.74, 6) is -0.189. The highest BCUT2D eigenvalue weighted by Gasteiger charge is 2.40. The van der Waals surface area contributed by atoms with Gasteiger partial charge >= 0.3 is 0 Å². The van der Waals surface area contributed by atoms with Gasteiger partial charge in [-0.2, -0.15) is 5.10 Å². The molecule has 0 aliphatic heterocycles. The molecule has 0 saturated heterocycles. The fourth-order valence-electron chi connectivity index (χ4n) is 2.41. The number of rotatable bonds is 5. The number of hydrazone groups is 1. The van der Waals surface area contributed by atoms with Crippen LogP contribution < -0.4 is 5.43 Å². The van der Waals surface area contributed by atoms with Crippen LogP contribution in [0.3, 0.4) is 0 Å². The summed E-state index contributed by atoms with van der Waals surface area (Å²) in [6.07, 6.45) is 2.87. The smallest absolute Gasteiger partial charge is 0.281 e.